The number of nitrogens with one attached hydrogen (secondary N) is 1. The molecular weight excluding hydrogens is 234 g/mol. The van der Waals surface area contributed by atoms with Crippen LogP contribution in [-0.2, 0) is 0 Å². The van der Waals surface area contributed by atoms with E-state index in [1.807, 2.05) is 20.0 Å². The number of aryl methyl sites for hydroxylation is 2. The van der Waals surface area contributed by atoms with Gasteiger partial charge < -0.3 is 10.1 Å². The Kier molecular flexibility index (Phi) is 3.28. The minimum Gasteiger partial charge on any atom is -0.496 e. The molecule has 1 aromatic carbocycles. The number of hydrogen-bond acceptors (Lipinski definition) is 5. The van der Waals surface area contributed by atoms with Crippen molar-refractivity contribution < 1.29 is 4.74 Å². The van der Waals surface area contributed by atoms with E-state index < -0.39 is 0 Å². The zero-order valence-corrected chi connectivity index (χ0v) is 11.2. The molecule has 0 unspecified atom stereocenters. The first-order valence-corrected chi connectivity index (χ1v) is 6.14. The van der Waals surface area contributed by atoms with Crippen molar-refractivity contribution in [2.24, 2.45) is 0 Å². The van der Waals surface area contributed by atoms with E-state index in [0.717, 1.165) is 32.6 Å². The first-order valence-electron chi connectivity index (χ1n) is 5.32. The fraction of sp³-hybridized carbons (Fsp3) is 0.333. The summed E-state index contributed by atoms with van der Waals surface area (Å²) in [4.78, 5) is 0. The number of nitrogens with zero attached hydrogens (tertiary/aromatic N) is 2. The molecule has 1 aromatic heterocycles. The molecule has 0 saturated carbocycles. The lowest BCUT2D eigenvalue weighted by atomic mass is 10.1. The van der Waals surface area contributed by atoms with E-state index in [0.29, 0.717) is 0 Å². The number of anilines is 1. The molecule has 2 aromatic rings. The van der Waals surface area contributed by atoms with Crippen LogP contribution in [0.5, 0.6) is 5.75 Å². The van der Waals surface area contributed by atoms with Crippen LogP contribution in [0.25, 0.3) is 10.6 Å². The van der Waals surface area contributed by atoms with E-state index in [-0.39, 0.29) is 0 Å². The number of hydrogen-bond donors (Lipinski definition) is 1. The maximum Gasteiger partial charge on any atom is 0.205 e. The van der Waals surface area contributed by atoms with E-state index in [9.17, 15) is 0 Å². The van der Waals surface area contributed by atoms with Crippen molar-refractivity contribution in [2.45, 2.75) is 13.8 Å². The van der Waals surface area contributed by atoms with Crippen LogP contribution >= 0.6 is 11.3 Å². The molecule has 1 N–H and O–H groups in total. The molecule has 0 radical (unpaired) electrons. The topological polar surface area (TPSA) is 47.0 Å². The highest BCUT2D eigenvalue weighted by Gasteiger charge is 2.11. The molecule has 0 aliphatic rings. The normalized spacial score (nSPS) is 10.4. The fourth-order valence-electron chi connectivity index (χ4n) is 1.67. The molecule has 0 spiro atoms. The molecule has 1 heterocycles. The molecule has 4 nitrogen and oxygen atoms in total. The standard InChI is InChI=1S/C12H15N3OS/c1-7-6-10(16-4)8(2)5-9(7)11-14-15-12(13-3)17-11/h5-6H,1-4H3,(H,13,15). The van der Waals surface area contributed by atoms with Crippen LogP contribution in [0, 0.1) is 13.8 Å². The van der Waals surface area contributed by atoms with E-state index >= 15 is 0 Å². The molecule has 0 fully saturated rings. The largest absolute Gasteiger partial charge is 0.496 e. The Morgan fingerprint density at radius 2 is 1.94 bits per heavy atom. The minimum absolute atomic E-state index is 0.827. The number of ether oxygens (including phenoxy) is 1. The third-order valence-electron chi connectivity index (χ3n) is 2.61. The minimum atomic E-state index is 0.827. The fourth-order valence-corrected chi connectivity index (χ4v) is 2.45. The Hall–Kier alpha value is -1.62. The van der Waals surface area contributed by atoms with Gasteiger partial charge in [0.15, 0.2) is 0 Å². The molecule has 0 bridgehead atoms. The summed E-state index contributed by atoms with van der Waals surface area (Å²) in [5.41, 5.74) is 3.36. The predicted octanol–water partition coefficient (Wildman–Crippen LogP) is 2.87. The van der Waals surface area contributed by atoms with Gasteiger partial charge in [-0.3, -0.25) is 0 Å². The Bertz CT molecular complexity index is 537. The van der Waals surface area contributed by atoms with Gasteiger partial charge in [-0.15, -0.1) is 10.2 Å². The van der Waals surface area contributed by atoms with Gasteiger partial charge in [0.1, 0.15) is 10.8 Å². The van der Waals surface area contributed by atoms with Crippen molar-refractivity contribution in [1.29, 1.82) is 0 Å². The van der Waals surface area contributed by atoms with Crippen LogP contribution in [0.1, 0.15) is 11.1 Å². The summed E-state index contributed by atoms with van der Waals surface area (Å²) in [5.74, 6) is 0.907. The predicted molar refractivity (Wildman–Crippen MR) is 70.9 cm³/mol. The van der Waals surface area contributed by atoms with Gasteiger partial charge in [-0.1, -0.05) is 11.3 Å². The highest BCUT2D eigenvalue weighted by molar-refractivity contribution is 7.18. The van der Waals surface area contributed by atoms with Crippen LogP contribution in [0.4, 0.5) is 5.13 Å². The Labute approximate surface area is 105 Å². The second kappa shape index (κ2) is 4.71. The lowest BCUT2D eigenvalue weighted by Crippen LogP contribution is -1.91. The second-order valence-electron chi connectivity index (χ2n) is 3.80. The van der Waals surface area contributed by atoms with Gasteiger partial charge in [0, 0.05) is 12.6 Å². The Morgan fingerprint density at radius 1 is 1.18 bits per heavy atom. The number of rotatable bonds is 3. The van der Waals surface area contributed by atoms with E-state index in [1.54, 1.807) is 18.4 Å². The van der Waals surface area contributed by atoms with Gasteiger partial charge in [-0.25, -0.2) is 0 Å². The van der Waals surface area contributed by atoms with E-state index in [2.05, 4.69) is 28.5 Å². The van der Waals surface area contributed by atoms with Crippen molar-refractivity contribution in [3.63, 3.8) is 0 Å². The lowest BCUT2D eigenvalue weighted by molar-refractivity contribution is 0.411. The van der Waals surface area contributed by atoms with Gasteiger partial charge in [-0.2, -0.15) is 0 Å². The number of benzene rings is 1. The smallest absolute Gasteiger partial charge is 0.205 e. The van der Waals surface area contributed by atoms with Gasteiger partial charge >= 0.3 is 0 Å². The van der Waals surface area contributed by atoms with Crippen LogP contribution in [0.2, 0.25) is 0 Å². The average molecular weight is 249 g/mol. The first kappa shape index (κ1) is 11.9. The summed E-state index contributed by atoms with van der Waals surface area (Å²) < 4.78 is 5.30. The van der Waals surface area contributed by atoms with Gasteiger partial charge in [0.05, 0.1) is 7.11 Å². The molecule has 2 rings (SSSR count). The molecule has 0 atom stereocenters. The first-order chi connectivity index (χ1) is 8.15. The van der Waals surface area contributed by atoms with Gasteiger partial charge in [0.2, 0.25) is 5.13 Å². The van der Waals surface area contributed by atoms with Crippen molar-refractivity contribution in [3.05, 3.63) is 23.3 Å². The highest BCUT2D eigenvalue weighted by Crippen LogP contribution is 2.32. The quantitative estimate of drug-likeness (QED) is 0.908. The summed E-state index contributed by atoms with van der Waals surface area (Å²) >= 11 is 1.55. The van der Waals surface area contributed by atoms with Crippen molar-refractivity contribution in [3.8, 4) is 16.3 Å². The van der Waals surface area contributed by atoms with Crippen LogP contribution in [0.15, 0.2) is 12.1 Å². The molecule has 0 aliphatic carbocycles. The second-order valence-corrected chi connectivity index (χ2v) is 4.78. The zero-order valence-electron chi connectivity index (χ0n) is 10.4. The molecule has 17 heavy (non-hydrogen) atoms. The van der Waals surface area contributed by atoms with Crippen LogP contribution < -0.4 is 10.1 Å². The number of methoxy groups -OCH3 is 1. The van der Waals surface area contributed by atoms with E-state index in [1.165, 1.54) is 0 Å². The maximum absolute atomic E-state index is 5.30. The van der Waals surface area contributed by atoms with Crippen LogP contribution in [0.3, 0.4) is 0 Å². The molecule has 0 aliphatic heterocycles. The van der Waals surface area contributed by atoms with Crippen molar-refractivity contribution >= 4 is 16.5 Å². The third-order valence-corrected chi connectivity index (χ3v) is 3.59. The SMILES string of the molecule is CNc1nnc(-c2cc(C)c(OC)cc2C)s1. The van der Waals surface area contributed by atoms with Crippen molar-refractivity contribution in [1.82, 2.24) is 10.2 Å². The highest BCUT2D eigenvalue weighted by atomic mass is 32.1. The van der Waals surface area contributed by atoms with Crippen LogP contribution in [-0.4, -0.2) is 24.4 Å². The molecular formula is C12H15N3OS. The monoisotopic (exact) mass is 249 g/mol. The summed E-state index contributed by atoms with van der Waals surface area (Å²) in [6.07, 6.45) is 0. The van der Waals surface area contributed by atoms with Crippen molar-refractivity contribution in [2.75, 3.05) is 19.5 Å². The third kappa shape index (κ3) is 2.24. The molecule has 0 saturated heterocycles. The average Bonchev–Trinajstić information content (AvgIpc) is 2.80. The summed E-state index contributed by atoms with van der Waals surface area (Å²) in [6, 6.07) is 4.12. The summed E-state index contributed by atoms with van der Waals surface area (Å²) in [5, 5.41) is 13.0. The summed E-state index contributed by atoms with van der Waals surface area (Å²) in [6.45, 7) is 4.08. The number of aromatic nitrogens is 2. The molecule has 5 heteroatoms. The molecule has 0 amide bonds. The lowest BCUT2D eigenvalue weighted by Gasteiger charge is -2.08. The summed E-state index contributed by atoms with van der Waals surface area (Å²) in [7, 11) is 3.53. The van der Waals surface area contributed by atoms with Gasteiger partial charge in [-0.05, 0) is 37.1 Å². The van der Waals surface area contributed by atoms with Gasteiger partial charge in [0.25, 0.3) is 0 Å². The Morgan fingerprint density at radius 3 is 2.53 bits per heavy atom. The zero-order chi connectivity index (χ0) is 12.4. The molecule has 90 valence electrons. The maximum atomic E-state index is 5.30. The Balaban J connectivity index is 2.48. The van der Waals surface area contributed by atoms with E-state index in [4.69, 9.17) is 4.74 Å².